The fraction of sp³-hybridized carbons (Fsp3) is 0.300. The monoisotopic (exact) mass is 373 g/mol. The fourth-order valence-corrected chi connectivity index (χ4v) is 3.13. The van der Waals surface area contributed by atoms with Gasteiger partial charge in [0.25, 0.3) is 5.91 Å². The van der Waals surface area contributed by atoms with Crippen molar-refractivity contribution in [2.75, 3.05) is 17.2 Å². The topological polar surface area (TPSA) is 75.4 Å². The molecule has 2 amide bonds. The van der Waals surface area contributed by atoms with Crippen molar-refractivity contribution in [3.05, 3.63) is 59.2 Å². The third-order valence-corrected chi connectivity index (χ3v) is 4.61. The predicted octanol–water partition coefficient (Wildman–Crippen LogP) is 3.62. The molecule has 5 nitrogen and oxygen atoms in total. The molecule has 1 atom stereocenters. The summed E-state index contributed by atoms with van der Waals surface area (Å²) in [7, 11) is 0. The van der Waals surface area contributed by atoms with Gasteiger partial charge in [-0.2, -0.15) is 0 Å². The third kappa shape index (κ3) is 4.17. The van der Waals surface area contributed by atoms with E-state index in [0.717, 1.165) is 29.8 Å². The Kier molecular flexibility index (Phi) is 6.27. The Morgan fingerprint density at radius 3 is 2.69 bits per heavy atom. The van der Waals surface area contributed by atoms with Crippen LogP contribution in [0.4, 0.5) is 11.4 Å². The van der Waals surface area contributed by atoms with Crippen LogP contribution >= 0.6 is 12.4 Å². The van der Waals surface area contributed by atoms with Gasteiger partial charge in [0.05, 0.1) is 6.04 Å². The Morgan fingerprint density at radius 2 is 2.00 bits per heavy atom. The van der Waals surface area contributed by atoms with E-state index >= 15 is 0 Å². The molecule has 1 unspecified atom stereocenters. The standard InChI is InChI=1S/C20H23N3O2.ClH/c1-13-8-9-16(21)12-18(13)20(25)22-14(2)15-5-3-6-17(11-15)23-10-4-7-19(23)24;/h3,5-6,8-9,11-12,14H,4,7,10,21H2,1-2H3,(H,22,25);1H. The molecule has 0 spiro atoms. The Labute approximate surface area is 160 Å². The summed E-state index contributed by atoms with van der Waals surface area (Å²) in [6.45, 7) is 4.58. The van der Waals surface area contributed by atoms with Crippen LogP contribution in [0.15, 0.2) is 42.5 Å². The maximum atomic E-state index is 12.6. The number of amides is 2. The number of carbonyl (C=O) groups excluding carboxylic acids is 2. The molecule has 0 saturated carbocycles. The molecule has 26 heavy (non-hydrogen) atoms. The van der Waals surface area contributed by atoms with Crippen molar-refractivity contribution in [1.29, 1.82) is 0 Å². The molecule has 3 N–H and O–H groups in total. The van der Waals surface area contributed by atoms with Gasteiger partial charge in [0, 0.05) is 29.9 Å². The largest absolute Gasteiger partial charge is 0.399 e. The van der Waals surface area contributed by atoms with Crippen LogP contribution in [0.1, 0.15) is 47.3 Å². The van der Waals surface area contributed by atoms with Crippen molar-refractivity contribution in [1.82, 2.24) is 5.32 Å². The van der Waals surface area contributed by atoms with Crippen LogP contribution in [-0.2, 0) is 4.79 Å². The molecule has 1 saturated heterocycles. The average Bonchev–Trinajstić information content (AvgIpc) is 3.03. The molecule has 0 radical (unpaired) electrons. The van der Waals surface area contributed by atoms with E-state index in [0.29, 0.717) is 17.7 Å². The van der Waals surface area contributed by atoms with E-state index < -0.39 is 0 Å². The van der Waals surface area contributed by atoms with E-state index in [1.165, 1.54) is 0 Å². The lowest BCUT2D eigenvalue weighted by molar-refractivity contribution is -0.117. The van der Waals surface area contributed by atoms with Crippen molar-refractivity contribution in [2.45, 2.75) is 32.7 Å². The van der Waals surface area contributed by atoms with E-state index in [1.807, 2.05) is 44.2 Å². The first-order valence-corrected chi connectivity index (χ1v) is 8.53. The smallest absolute Gasteiger partial charge is 0.252 e. The number of anilines is 2. The summed E-state index contributed by atoms with van der Waals surface area (Å²) in [4.78, 5) is 26.3. The number of benzene rings is 2. The van der Waals surface area contributed by atoms with E-state index in [1.54, 1.807) is 17.0 Å². The van der Waals surface area contributed by atoms with Crippen LogP contribution < -0.4 is 16.0 Å². The highest BCUT2D eigenvalue weighted by atomic mass is 35.5. The zero-order chi connectivity index (χ0) is 18.0. The van der Waals surface area contributed by atoms with Crippen LogP contribution in [0.3, 0.4) is 0 Å². The summed E-state index contributed by atoms with van der Waals surface area (Å²) in [5.41, 5.74) is 9.68. The number of carbonyl (C=O) groups is 2. The summed E-state index contributed by atoms with van der Waals surface area (Å²) >= 11 is 0. The van der Waals surface area contributed by atoms with Gasteiger partial charge in [-0.3, -0.25) is 9.59 Å². The van der Waals surface area contributed by atoms with E-state index in [9.17, 15) is 9.59 Å². The zero-order valence-corrected chi connectivity index (χ0v) is 15.8. The van der Waals surface area contributed by atoms with Crippen molar-refractivity contribution in [3.8, 4) is 0 Å². The molecule has 0 aliphatic carbocycles. The lowest BCUT2D eigenvalue weighted by Crippen LogP contribution is -2.28. The molecule has 6 heteroatoms. The number of hydrogen-bond donors (Lipinski definition) is 2. The number of nitrogens with two attached hydrogens (primary N) is 1. The molecule has 138 valence electrons. The minimum Gasteiger partial charge on any atom is -0.399 e. The molecule has 2 aromatic carbocycles. The number of hydrogen-bond acceptors (Lipinski definition) is 3. The number of aryl methyl sites for hydroxylation is 1. The van der Waals surface area contributed by atoms with Crippen molar-refractivity contribution < 1.29 is 9.59 Å². The van der Waals surface area contributed by atoms with Crippen LogP contribution in [0.5, 0.6) is 0 Å². The lowest BCUT2D eigenvalue weighted by atomic mass is 10.0. The molecule has 1 fully saturated rings. The molecular weight excluding hydrogens is 350 g/mol. The van der Waals surface area contributed by atoms with Gasteiger partial charge >= 0.3 is 0 Å². The van der Waals surface area contributed by atoms with Gasteiger partial charge in [0.2, 0.25) is 5.91 Å². The Bertz CT molecular complexity index is 822. The second-order valence-corrected chi connectivity index (χ2v) is 6.51. The Hall–Kier alpha value is -2.53. The lowest BCUT2D eigenvalue weighted by Gasteiger charge is -2.20. The van der Waals surface area contributed by atoms with Crippen LogP contribution in [0.25, 0.3) is 0 Å². The Balaban J connectivity index is 0.00000243. The highest BCUT2D eigenvalue weighted by Gasteiger charge is 2.22. The number of halogens is 1. The summed E-state index contributed by atoms with van der Waals surface area (Å²) < 4.78 is 0. The van der Waals surface area contributed by atoms with Gasteiger partial charge in [0.15, 0.2) is 0 Å². The first kappa shape index (κ1) is 19.8. The van der Waals surface area contributed by atoms with Gasteiger partial charge in [-0.15, -0.1) is 12.4 Å². The van der Waals surface area contributed by atoms with E-state index in [4.69, 9.17) is 5.73 Å². The predicted molar refractivity (Wildman–Crippen MR) is 107 cm³/mol. The molecule has 0 bridgehead atoms. The highest BCUT2D eigenvalue weighted by molar-refractivity contribution is 5.97. The molecule has 0 aromatic heterocycles. The molecule has 1 aliphatic heterocycles. The second-order valence-electron chi connectivity index (χ2n) is 6.51. The van der Waals surface area contributed by atoms with Crippen molar-refractivity contribution >= 4 is 35.6 Å². The van der Waals surface area contributed by atoms with Crippen LogP contribution in [-0.4, -0.2) is 18.4 Å². The Morgan fingerprint density at radius 1 is 1.23 bits per heavy atom. The highest BCUT2D eigenvalue weighted by Crippen LogP contribution is 2.25. The van der Waals surface area contributed by atoms with Crippen LogP contribution in [0.2, 0.25) is 0 Å². The summed E-state index contributed by atoms with van der Waals surface area (Å²) in [6, 6.07) is 12.9. The third-order valence-electron chi connectivity index (χ3n) is 4.61. The number of nitrogen functional groups attached to an aromatic ring is 1. The molecule has 1 aliphatic rings. The average molecular weight is 374 g/mol. The van der Waals surface area contributed by atoms with Gasteiger partial charge in [0.1, 0.15) is 0 Å². The van der Waals surface area contributed by atoms with E-state index in [-0.39, 0.29) is 30.3 Å². The molecular formula is C20H24ClN3O2. The quantitative estimate of drug-likeness (QED) is 0.804. The van der Waals surface area contributed by atoms with Crippen molar-refractivity contribution in [3.63, 3.8) is 0 Å². The normalized spacial score (nSPS) is 14.7. The maximum Gasteiger partial charge on any atom is 0.252 e. The zero-order valence-electron chi connectivity index (χ0n) is 15.0. The number of rotatable bonds is 4. The number of nitrogens with zero attached hydrogens (tertiary/aromatic N) is 1. The SMILES string of the molecule is Cc1ccc(N)cc1C(=O)NC(C)c1cccc(N2CCCC2=O)c1.Cl. The second kappa shape index (κ2) is 8.23. The first-order chi connectivity index (χ1) is 12.0. The van der Waals surface area contributed by atoms with Gasteiger partial charge in [-0.05, 0) is 55.7 Å². The molecule has 3 rings (SSSR count). The number of nitrogens with one attached hydrogen (secondary N) is 1. The maximum absolute atomic E-state index is 12.6. The van der Waals surface area contributed by atoms with Crippen molar-refractivity contribution in [2.24, 2.45) is 0 Å². The van der Waals surface area contributed by atoms with Gasteiger partial charge in [-0.1, -0.05) is 18.2 Å². The minimum atomic E-state index is -0.175. The molecule has 1 heterocycles. The van der Waals surface area contributed by atoms with Gasteiger partial charge in [-0.25, -0.2) is 0 Å². The van der Waals surface area contributed by atoms with E-state index in [2.05, 4.69) is 5.32 Å². The summed E-state index contributed by atoms with van der Waals surface area (Å²) in [5.74, 6) is 0.00387. The summed E-state index contributed by atoms with van der Waals surface area (Å²) in [5, 5.41) is 3.01. The summed E-state index contributed by atoms with van der Waals surface area (Å²) in [6.07, 6.45) is 1.50. The fourth-order valence-electron chi connectivity index (χ4n) is 3.13. The van der Waals surface area contributed by atoms with Crippen LogP contribution in [0, 0.1) is 6.92 Å². The minimum absolute atomic E-state index is 0. The first-order valence-electron chi connectivity index (χ1n) is 8.53. The molecule has 2 aromatic rings. The van der Waals surface area contributed by atoms with Gasteiger partial charge < -0.3 is 16.0 Å².